The van der Waals surface area contributed by atoms with E-state index in [1.165, 1.54) is 15.6 Å². The molecule has 2 aromatic carbocycles. The van der Waals surface area contributed by atoms with Gasteiger partial charge < -0.3 is 10.1 Å². The minimum atomic E-state index is -3.83. The Hall–Kier alpha value is -3.01. The van der Waals surface area contributed by atoms with Crippen molar-refractivity contribution in [2.45, 2.75) is 37.6 Å². The molecule has 34 heavy (non-hydrogen) atoms. The van der Waals surface area contributed by atoms with Crippen molar-refractivity contribution in [3.63, 3.8) is 0 Å². The van der Waals surface area contributed by atoms with Crippen molar-refractivity contribution in [2.75, 3.05) is 18.5 Å². The van der Waals surface area contributed by atoms with Gasteiger partial charge in [0.25, 0.3) is 0 Å². The van der Waals surface area contributed by atoms with Gasteiger partial charge in [0.1, 0.15) is 16.6 Å². The summed E-state index contributed by atoms with van der Waals surface area (Å²) >= 11 is 1.22. The van der Waals surface area contributed by atoms with Crippen LogP contribution in [0.2, 0.25) is 0 Å². The summed E-state index contributed by atoms with van der Waals surface area (Å²) in [5, 5.41) is 4.96. The Kier molecular flexibility index (Phi) is 7.16. The number of aryl methyl sites for hydroxylation is 1. The Morgan fingerprint density at radius 3 is 2.50 bits per heavy atom. The largest absolute Gasteiger partial charge is 0.462 e. The first kappa shape index (κ1) is 24.1. The molecule has 0 bridgehead atoms. The standard InChI is InChI=1S/C25H26N2O5S2/c1-3-32-25(29)22-20(18-8-5-4-6-9-18)16-33-24(22)26-23(28)21-10-7-15-27(21)34(30,31)19-13-11-17(2)12-14-19/h4-6,8-9,11-14,16,21H,3,7,10,15H2,1-2H3,(H,26,28). The molecular weight excluding hydrogens is 472 g/mol. The molecule has 1 unspecified atom stereocenters. The number of hydrogen-bond acceptors (Lipinski definition) is 6. The van der Waals surface area contributed by atoms with Crippen LogP contribution in [0, 0.1) is 6.92 Å². The van der Waals surface area contributed by atoms with Crippen LogP contribution in [0.4, 0.5) is 5.00 Å². The summed E-state index contributed by atoms with van der Waals surface area (Å²) in [5.74, 6) is -0.992. The van der Waals surface area contributed by atoms with Gasteiger partial charge in [0.05, 0.1) is 11.5 Å². The summed E-state index contributed by atoms with van der Waals surface area (Å²) < 4.78 is 33.0. The number of carbonyl (C=O) groups excluding carboxylic acids is 2. The van der Waals surface area contributed by atoms with Gasteiger partial charge in [0.15, 0.2) is 0 Å². The molecule has 0 aliphatic carbocycles. The second kappa shape index (κ2) is 10.1. The predicted molar refractivity (Wildman–Crippen MR) is 132 cm³/mol. The first-order valence-electron chi connectivity index (χ1n) is 11.1. The van der Waals surface area contributed by atoms with E-state index in [0.29, 0.717) is 23.4 Å². The van der Waals surface area contributed by atoms with E-state index in [1.807, 2.05) is 37.3 Å². The molecule has 1 fully saturated rings. The second-order valence-corrected chi connectivity index (χ2v) is 10.8. The van der Waals surface area contributed by atoms with E-state index in [1.54, 1.807) is 36.6 Å². The Bertz CT molecular complexity index is 1280. The lowest BCUT2D eigenvalue weighted by molar-refractivity contribution is -0.119. The number of rotatable bonds is 7. The zero-order chi connectivity index (χ0) is 24.3. The molecule has 1 N–H and O–H groups in total. The summed E-state index contributed by atoms with van der Waals surface area (Å²) in [4.78, 5) is 26.2. The first-order valence-corrected chi connectivity index (χ1v) is 13.4. The minimum Gasteiger partial charge on any atom is -0.462 e. The number of anilines is 1. The van der Waals surface area contributed by atoms with Crippen molar-refractivity contribution >= 4 is 38.2 Å². The van der Waals surface area contributed by atoms with Crippen molar-refractivity contribution in [3.8, 4) is 11.1 Å². The van der Waals surface area contributed by atoms with Gasteiger partial charge in [-0.15, -0.1) is 11.3 Å². The number of sulfonamides is 1. The molecule has 178 valence electrons. The van der Waals surface area contributed by atoms with Crippen LogP contribution >= 0.6 is 11.3 Å². The van der Waals surface area contributed by atoms with Gasteiger partial charge in [-0.2, -0.15) is 4.31 Å². The van der Waals surface area contributed by atoms with E-state index in [4.69, 9.17) is 4.74 Å². The minimum absolute atomic E-state index is 0.160. The average Bonchev–Trinajstić information content (AvgIpc) is 3.48. The van der Waals surface area contributed by atoms with Crippen LogP contribution in [0.5, 0.6) is 0 Å². The highest BCUT2D eigenvalue weighted by Crippen LogP contribution is 2.37. The molecule has 0 saturated carbocycles. The summed E-state index contributed by atoms with van der Waals surface area (Å²) in [6, 6.07) is 15.1. The predicted octanol–water partition coefficient (Wildman–Crippen LogP) is 4.69. The lowest BCUT2D eigenvalue weighted by Gasteiger charge is -2.23. The van der Waals surface area contributed by atoms with Crippen LogP contribution in [0.15, 0.2) is 64.9 Å². The van der Waals surface area contributed by atoms with Gasteiger partial charge in [0, 0.05) is 17.5 Å². The smallest absolute Gasteiger partial charge is 0.341 e. The first-order chi connectivity index (χ1) is 16.3. The number of hydrogen-bond donors (Lipinski definition) is 1. The lowest BCUT2D eigenvalue weighted by Crippen LogP contribution is -2.43. The lowest BCUT2D eigenvalue weighted by atomic mass is 10.0. The van der Waals surface area contributed by atoms with Gasteiger partial charge in [0.2, 0.25) is 15.9 Å². The fourth-order valence-corrected chi connectivity index (χ4v) is 6.63. The number of amides is 1. The number of ether oxygens (including phenoxy) is 1. The third kappa shape index (κ3) is 4.77. The zero-order valence-electron chi connectivity index (χ0n) is 19.0. The van der Waals surface area contributed by atoms with Gasteiger partial charge in [-0.25, -0.2) is 13.2 Å². The maximum absolute atomic E-state index is 13.3. The molecule has 2 heterocycles. The molecule has 4 rings (SSSR count). The van der Waals surface area contributed by atoms with Crippen molar-refractivity contribution < 1.29 is 22.7 Å². The molecule has 7 nitrogen and oxygen atoms in total. The van der Waals surface area contributed by atoms with Crippen LogP contribution in [-0.4, -0.2) is 43.8 Å². The fraction of sp³-hybridized carbons (Fsp3) is 0.280. The number of nitrogens with one attached hydrogen (secondary N) is 1. The van der Waals surface area contributed by atoms with Gasteiger partial charge in [-0.1, -0.05) is 48.0 Å². The molecule has 1 atom stereocenters. The van der Waals surface area contributed by atoms with Crippen molar-refractivity contribution in [2.24, 2.45) is 0 Å². The van der Waals surface area contributed by atoms with E-state index in [-0.39, 0.29) is 23.6 Å². The van der Waals surface area contributed by atoms with Crippen molar-refractivity contribution in [3.05, 3.63) is 71.1 Å². The van der Waals surface area contributed by atoms with Gasteiger partial charge in [-0.05, 0) is 44.4 Å². The molecular formula is C25H26N2O5S2. The average molecular weight is 499 g/mol. The van der Waals surface area contributed by atoms with Crippen LogP contribution in [0.1, 0.15) is 35.7 Å². The second-order valence-electron chi connectivity index (χ2n) is 8.02. The third-order valence-corrected chi connectivity index (χ3v) is 8.54. The monoisotopic (exact) mass is 498 g/mol. The SMILES string of the molecule is CCOC(=O)c1c(-c2ccccc2)csc1NC(=O)C1CCCN1S(=O)(=O)c1ccc(C)cc1. The van der Waals surface area contributed by atoms with Crippen LogP contribution < -0.4 is 5.32 Å². The third-order valence-electron chi connectivity index (χ3n) is 5.73. The van der Waals surface area contributed by atoms with E-state index >= 15 is 0 Å². The quantitative estimate of drug-likeness (QED) is 0.477. The Balaban J connectivity index is 1.62. The van der Waals surface area contributed by atoms with E-state index in [2.05, 4.69) is 5.32 Å². The Morgan fingerprint density at radius 2 is 1.82 bits per heavy atom. The Morgan fingerprint density at radius 1 is 1.12 bits per heavy atom. The van der Waals surface area contributed by atoms with Gasteiger partial charge >= 0.3 is 5.97 Å². The van der Waals surface area contributed by atoms with E-state index in [9.17, 15) is 18.0 Å². The molecule has 1 aliphatic heterocycles. The van der Waals surface area contributed by atoms with E-state index in [0.717, 1.165) is 11.1 Å². The number of nitrogens with zero attached hydrogens (tertiary/aromatic N) is 1. The number of esters is 1. The molecule has 9 heteroatoms. The molecule has 3 aromatic rings. The molecule has 1 amide bonds. The summed E-state index contributed by atoms with van der Waals surface area (Å²) in [7, 11) is -3.83. The van der Waals surface area contributed by atoms with E-state index < -0.39 is 27.9 Å². The van der Waals surface area contributed by atoms with Gasteiger partial charge in [-0.3, -0.25) is 4.79 Å². The molecule has 1 aliphatic rings. The van der Waals surface area contributed by atoms with Crippen LogP contribution in [-0.2, 0) is 19.6 Å². The molecule has 0 radical (unpaired) electrons. The number of benzene rings is 2. The maximum Gasteiger partial charge on any atom is 0.341 e. The zero-order valence-corrected chi connectivity index (χ0v) is 20.6. The molecule has 1 aromatic heterocycles. The topological polar surface area (TPSA) is 92.8 Å². The Labute approximate surface area is 203 Å². The molecule has 1 saturated heterocycles. The number of carbonyl (C=O) groups is 2. The summed E-state index contributed by atoms with van der Waals surface area (Å²) in [6.07, 6.45) is 0.982. The highest BCUT2D eigenvalue weighted by Gasteiger charge is 2.40. The highest BCUT2D eigenvalue weighted by atomic mass is 32.2. The highest BCUT2D eigenvalue weighted by molar-refractivity contribution is 7.89. The van der Waals surface area contributed by atoms with Crippen molar-refractivity contribution in [1.82, 2.24) is 4.31 Å². The normalized spacial score (nSPS) is 16.4. The summed E-state index contributed by atoms with van der Waals surface area (Å²) in [6.45, 7) is 4.06. The fourth-order valence-electron chi connectivity index (χ4n) is 4.02. The van der Waals surface area contributed by atoms with Crippen LogP contribution in [0.25, 0.3) is 11.1 Å². The number of thiophene rings is 1. The maximum atomic E-state index is 13.3. The van der Waals surface area contributed by atoms with Crippen molar-refractivity contribution in [1.29, 1.82) is 0 Å². The summed E-state index contributed by atoms with van der Waals surface area (Å²) in [5.41, 5.74) is 2.71. The van der Waals surface area contributed by atoms with Crippen LogP contribution in [0.3, 0.4) is 0 Å². The molecule has 0 spiro atoms.